The van der Waals surface area contributed by atoms with E-state index in [1.54, 1.807) is 0 Å². The minimum absolute atomic E-state index is 0.0211. The van der Waals surface area contributed by atoms with Crippen LogP contribution in [0.1, 0.15) is 11.7 Å². The molecule has 1 unspecified atom stereocenters. The van der Waals surface area contributed by atoms with Gasteiger partial charge in [-0.25, -0.2) is 5.43 Å². The molecule has 20 heavy (non-hydrogen) atoms. The fourth-order valence-electron chi connectivity index (χ4n) is 2.29. The van der Waals surface area contributed by atoms with Gasteiger partial charge in [0, 0.05) is 17.8 Å². The van der Waals surface area contributed by atoms with E-state index in [1.807, 2.05) is 54.5 Å². The monoisotopic (exact) mass is 303 g/mol. The number of anilines is 1. The zero-order chi connectivity index (χ0) is 14.1. The fraction of sp³-hybridized carbons (Fsp3) is 0.133. The highest BCUT2D eigenvalue weighted by atomic mass is 35.5. The van der Waals surface area contributed by atoms with Crippen LogP contribution in [0.15, 0.2) is 54.6 Å². The average Bonchev–Trinajstić information content (AvgIpc) is 2.77. The Hall–Kier alpha value is -1.62. The third kappa shape index (κ3) is 2.38. The van der Waals surface area contributed by atoms with Gasteiger partial charge < -0.3 is 0 Å². The van der Waals surface area contributed by atoms with E-state index in [9.17, 15) is 0 Å². The van der Waals surface area contributed by atoms with Gasteiger partial charge in [0.2, 0.25) is 0 Å². The van der Waals surface area contributed by atoms with Crippen molar-refractivity contribution in [1.29, 1.82) is 0 Å². The first kappa shape index (κ1) is 13.4. The van der Waals surface area contributed by atoms with Crippen LogP contribution >= 0.6 is 23.8 Å². The molecule has 0 saturated carbocycles. The van der Waals surface area contributed by atoms with E-state index < -0.39 is 0 Å². The minimum atomic E-state index is -0.0211. The quantitative estimate of drug-likeness (QED) is 0.854. The van der Waals surface area contributed by atoms with Gasteiger partial charge in [0.1, 0.15) is 6.17 Å². The Balaban J connectivity index is 2.00. The van der Waals surface area contributed by atoms with E-state index in [-0.39, 0.29) is 6.17 Å². The first-order valence-corrected chi connectivity index (χ1v) is 7.09. The molecule has 0 radical (unpaired) electrons. The third-order valence-electron chi connectivity index (χ3n) is 3.29. The molecule has 0 amide bonds. The van der Waals surface area contributed by atoms with E-state index in [1.165, 1.54) is 0 Å². The highest BCUT2D eigenvalue weighted by Crippen LogP contribution is 2.31. The number of hydrogen-bond acceptors (Lipinski definition) is 2. The Morgan fingerprint density at radius 3 is 2.35 bits per heavy atom. The molecule has 3 rings (SSSR count). The summed E-state index contributed by atoms with van der Waals surface area (Å²) in [6.45, 7) is 0. The summed E-state index contributed by atoms with van der Waals surface area (Å²) in [4.78, 5) is 2.10. The molecule has 0 aromatic heterocycles. The van der Waals surface area contributed by atoms with Crippen LogP contribution in [0.3, 0.4) is 0 Å². The highest BCUT2D eigenvalue weighted by Gasteiger charge is 2.33. The number of thiocarbonyl (C=S) groups is 1. The van der Waals surface area contributed by atoms with E-state index in [0.717, 1.165) is 21.4 Å². The first-order valence-electron chi connectivity index (χ1n) is 6.30. The van der Waals surface area contributed by atoms with E-state index in [4.69, 9.17) is 23.8 Å². The molecule has 2 aromatic rings. The van der Waals surface area contributed by atoms with Crippen molar-refractivity contribution in [2.24, 2.45) is 0 Å². The van der Waals surface area contributed by atoms with Gasteiger partial charge in [-0.05, 0) is 42.0 Å². The lowest BCUT2D eigenvalue weighted by molar-refractivity contribution is 0.369. The van der Waals surface area contributed by atoms with Crippen LogP contribution in [0.2, 0.25) is 5.02 Å². The number of nitrogens with zero attached hydrogens (tertiary/aromatic N) is 2. The maximum atomic E-state index is 5.96. The first-order chi connectivity index (χ1) is 9.66. The highest BCUT2D eigenvalue weighted by molar-refractivity contribution is 7.80. The largest absolute Gasteiger partial charge is 0.296 e. The number of benzene rings is 2. The molecule has 2 aromatic carbocycles. The number of hydrogen-bond donors (Lipinski definition) is 1. The Morgan fingerprint density at radius 2 is 1.70 bits per heavy atom. The summed E-state index contributed by atoms with van der Waals surface area (Å²) in [5, 5.41) is 3.34. The van der Waals surface area contributed by atoms with Crippen LogP contribution in [-0.4, -0.2) is 17.2 Å². The van der Waals surface area contributed by atoms with Crippen molar-refractivity contribution in [3.05, 3.63) is 65.2 Å². The summed E-state index contributed by atoms with van der Waals surface area (Å²) in [6.07, 6.45) is -0.0211. The lowest BCUT2D eigenvalue weighted by Crippen LogP contribution is -2.30. The lowest BCUT2D eigenvalue weighted by Gasteiger charge is -2.24. The van der Waals surface area contributed by atoms with Gasteiger partial charge in [0.15, 0.2) is 5.11 Å². The molecule has 0 bridgehead atoms. The molecule has 0 spiro atoms. The van der Waals surface area contributed by atoms with E-state index >= 15 is 0 Å². The molecule has 1 N–H and O–H groups in total. The second-order valence-electron chi connectivity index (χ2n) is 4.63. The number of halogens is 1. The number of para-hydroxylation sites is 1. The zero-order valence-electron chi connectivity index (χ0n) is 11.0. The normalized spacial score (nSPS) is 18.7. The summed E-state index contributed by atoms with van der Waals surface area (Å²) >= 11 is 11.5. The molecule has 3 nitrogen and oxygen atoms in total. The van der Waals surface area contributed by atoms with Crippen LogP contribution < -0.4 is 10.3 Å². The second-order valence-corrected chi connectivity index (χ2v) is 5.43. The molecule has 0 aliphatic carbocycles. The van der Waals surface area contributed by atoms with Gasteiger partial charge in [-0.2, -0.15) is 0 Å². The van der Waals surface area contributed by atoms with Gasteiger partial charge in [0.05, 0.1) is 0 Å². The van der Waals surface area contributed by atoms with Crippen molar-refractivity contribution in [1.82, 2.24) is 10.4 Å². The van der Waals surface area contributed by atoms with E-state index in [0.29, 0.717) is 0 Å². The Kier molecular flexibility index (Phi) is 3.61. The molecule has 1 heterocycles. The van der Waals surface area contributed by atoms with Crippen molar-refractivity contribution in [2.45, 2.75) is 6.17 Å². The number of nitrogens with one attached hydrogen (secondary N) is 1. The van der Waals surface area contributed by atoms with E-state index in [2.05, 4.69) is 22.5 Å². The zero-order valence-corrected chi connectivity index (χ0v) is 12.5. The molecule has 102 valence electrons. The van der Waals surface area contributed by atoms with Gasteiger partial charge in [-0.15, -0.1) is 0 Å². The summed E-state index contributed by atoms with van der Waals surface area (Å²) in [7, 11) is 1.92. The van der Waals surface area contributed by atoms with Crippen LogP contribution in [0.25, 0.3) is 0 Å². The van der Waals surface area contributed by atoms with Crippen molar-refractivity contribution in [3.8, 4) is 0 Å². The lowest BCUT2D eigenvalue weighted by atomic mass is 10.1. The second kappa shape index (κ2) is 5.40. The van der Waals surface area contributed by atoms with Crippen LogP contribution in [0, 0.1) is 0 Å². The Labute approximate surface area is 128 Å². The van der Waals surface area contributed by atoms with Gasteiger partial charge in [-0.3, -0.25) is 9.91 Å². The summed E-state index contributed by atoms with van der Waals surface area (Å²) in [6, 6.07) is 17.9. The van der Waals surface area contributed by atoms with Crippen molar-refractivity contribution in [2.75, 3.05) is 11.9 Å². The molecular formula is C15H14ClN3S. The topological polar surface area (TPSA) is 18.5 Å². The minimum Gasteiger partial charge on any atom is -0.296 e. The Bertz CT molecular complexity index is 615. The fourth-order valence-corrected chi connectivity index (χ4v) is 2.67. The van der Waals surface area contributed by atoms with Gasteiger partial charge >= 0.3 is 0 Å². The molecule has 1 aliphatic heterocycles. The smallest absolute Gasteiger partial charge is 0.192 e. The SMILES string of the molecule is CN1NC(c2ccc(Cl)cc2)N(c2ccccc2)C1=S. The van der Waals surface area contributed by atoms with Crippen LogP contribution in [0.5, 0.6) is 0 Å². The van der Waals surface area contributed by atoms with Crippen LogP contribution in [0.4, 0.5) is 5.69 Å². The van der Waals surface area contributed by atoms with Crippen molar-refractivity contribution < 1.29 is 0 Å². The Morgan fingerprint density at radius 1 is 1.05 bits per heavy atom. The van der Waals surface area contributed by atoms with Crippen LogP contribution in [-0.2, 0) is 0 Å². The maximum Gasteiger partial charge on any atom is 0.192 e. The summed E-state index contributed by atoms with van der Waals surface area (Å²) in [5.41, 5.74) is 5.54. The molecule has 1 saturated heterocycles. The predicted molar refractivity (Wildman–Crippen MR) is 86.6 cm³/mol. The van der Waals surface area contributed by atoms with Crippen molar-refractivity contribution >= 4 is 34.6 Å². The van der Waals surface area contributed by atoms with Crippen molar-refractivity contribution in [3.63, 3.8) is 0 Å². The predicted octanol–water partition coefficient (Wildman–Crippen LogP) is 3.58. The molecule has 5 heteroatoms. The average molecular weight is 304 g/mol. The molecular weight excluding hydrogens is 290 g/mol. The number of rotatable bonds is 2. The third-order valence-corrected chi connectivity index (χ3v) is 4.01. The molecule has 1 fully saturated rings. The summed E-state index contributed by atoms with van der Waals surface area (Å²) < 4.78 is 0. The summed E-state index contributed by atoms with van der Waals surface area (Å²) in [5.74, 6) is 0. The molecule has 1 aliphatic rings. The maximum absolute atomic E-state index is 5.96. The van der Waals surface area contributed by atoms with Gasteiger partial charge in [0.25, 0.3) is 0 Å². The number of hydrazine groups is 1. The van der Waals surface area contributed by atoms with Gasteiger partial charge in [-0.1, -0.05) is 41.9 Å². The standard InChI is InChI=1S/C15H14ClN3S/c1-18-15(20)19(13-5-3-2-4-6-13)14(17-18)11-7-9-12(16)10-8-11/h2-10,14,17H,1H3. The molecule has 1 atom stereocenters.